The number of carbonyl (C=O) groups excluding carboxylic acids is 1. The van der Waals surface area contributed by atoms with Gasteiger partial charge in [-0.05, 0) is 0 Å². The minimum atomic E-state index is -3.76. The van der Waals surface area contributed by atoms with Gasteiger partial charge in [0.25, 0.3) is 0 Å². The molecule has 1 fully saturated rings. The normalized spacial score (nSPS) is 20.2. The molecule has 1 heterocycles. The van der Waals surface area contributed by atoms with Crippen molar-refractivity contribution in [3.8, 4) is 0 Å². The van der Waals surface area contributed by atoms with Crippen molar-refractivity contribution >= 4 is 16.1 Å². The van der Waals surface area contributed by atoms with Crippen molar-refractivity contribution in [2.24, 2.45) is 0 Å². The maximum atomic E-state index is 12.2. The van der Waals surface area contributed by atoms with E-state index in [1.165, 1.54) is 0 Å². The van der Waals surface area contributed by atoms with E-state index in [1.54, 1.807) is 4.72 Å². The summed E-state index contributed by atoms with van der Waals surface area (Å²) in [6.07, 6.45) is -1.10. The highest BCUT2D eigenvalue weighted by molar-refractivity contribution is 7.87. The Hall–Kier alpha value is -0.690. The van der Waals surface area contributed by atoms with Crippen LogP contribution in [0.15, 0.2) is 0 Å². The summed E-state index contributed by atoms with van der Waals surface area (Å²) in [7, 11) is -3.76. The van der Waals surface area contributed by atoms with E-state index >= 15 is 0 Å². The predicted molar refractivity (Wildman–Crippen MR) is 39.2 cm³/mol. The van der Waals surface area contributed by atoms with Crippen LogP contribution in [-0.4, -0.2) is 37.9 Å². The Morgan fingerprint density at radius 3 is 2.42 bits per heavy atom. The summed E-state index contributed by atoms with van der Waals surface area (Å²) < 4.78 is 36.8. The monoisotopic (exact) mass is 196 g/mol. The molecule has 0 spiro atoms. The van der Waals surface area contributed by atoms with Crippen molar-refractivity contribution in [2.75, 3.05) is 13.1 Å². The summed E-state index contributed by atoms with van der Waals surface area (Å²) >= 11 is 0. The van der Waals surface area contributed by atoms with E-state index < -0.39 is 22.3 Å². The molecule has 70 valence electrons. The van der Waals surface area contributed by atoms with Crippen molar-refractivity contribution < 1.29 is 17.6 Å². The number of nitrogens with zero attached hydrogens (tertiary/aromatic N) is 1. The Morgan fingerprint density at radius 1 is 1.58 bits per heavy atom. The zero-order valence-corrected chi connectivity index (χ0v) is 7.27. The van der Waals surface area contributed by atoms with Gasteiger partial charge in [0.2, 0.25) is 5.91 Å². The highest BCUT2D eigenvalue weighted by Gasteiger charge is 2.36. The molecular weight excluding hydrogens is 187 g/mol. The number of hydrogen-bond donors (Lipinski definition) is 1. The molecule has 12 heavy (non-hydrogen) atoms. The molecule has 1 rings (SSSR count). The van der Waals surface area contributed by atoms with Crippen LogP contribution in [-0.2, 0) is 15.0 Å². The topological polar surface area (TPSA) is 66.5 Å². The summed E-state index contributed by atoms with van der Waals surface area (Å²) in [5.41, 5.74) is 0. The van der Waals surface area contributed by atoms with E-state index in [0.29, 0.717) is 0 Å². The number of hydrogen-bond acceptors (Lipinski definition) is 3. The van der Waals surface area contributed by atoms with Crippen molar-refractivity contribution in [1.29, 1.82) is 0 Å². The Balaban J connectivity index is 2.56. The summed E-state index contributed by atoms with van der Waals surface area (Å²) in [6, 6.07) is 0. The lowest BCUT2D eigenvalue weighted by atomic mass is 10.3. The molecule has 0 bridgehead atoms. The minimum absolute atomic E-state index is 0.164. The highest BCUT2D eigenvalue weighted by atomic mass is 32.2. The summed E-state index contributed by atoms with van der Waals surface area (Å²) in [6.45, 7) is 0.759. The second-order valence-corrected chi connectivity index (χ2v) is 4.25. The Morgan fingerprint density at radius 2 is 2.08 bits per heavy atom. The lowest BCUT2D eigenvalue weighted by Gasteiger charge is -2.32. The van der Waals surface area contributed by atoms with E-state index in [9.17, 15) is 17.6 Å². The van der Waals surface area contributed by atoms with Crippen molar-refractivity contribution in [3.63, 3.8) is 0 Å². The number of halogens is 1. The second kappa shape index (κ2) is 2.98. The molecule has 1 aliphatic heterocycles. The van der Waals surface area contributed by atoms with Gasteiger partial charge in [0.1, 0.15) is 6.17 Å². The molecule has 1 amide bonds. The van der Waals surface area contributed by atoms with Gasteiger partial charge in [-0.2, -0.15) is 12.7 Å². The molecule has 0 atom stereocenters. The first-order valence-corrected chi connectivity index (χ1v) is 4.78. The van der Waals surface area contributed by atoms with E-state index in [4.69, 9.17) is 0 Å². The predicted octanol–water partition coefficient (Wildman–Crippen LogP) is -0.979. The average molecular weight is 196 g/mol. The van der Waals surface area contributed by atoms with Gasteiger partial charge in [-0.25, -0.2) is 9.11 Å². The van der Waals surface area contributed by atoms with Gasteiger partial charge in [0.05, 0.1) is 0 Å². The molecule has 0 aromatic heterocycles. The van der Waals surface area contributed by atoms with Crippen molar-refractivity contribution in [2.45, 2.75) is 13.1 Å². The van der Waals surface area contributed by atoms with E-state index in [2.05, 4.69) is 0 Å². The molecular formula is C5H9FN2O3S. The molecule has 0 unspecified atom stereocenters. The maximum absolute atomic E-state index is 12.2. The van der Waals surface area contributed by atoms with E-state index in [1.807, 2.05) is 0 Å². The van der Waals surface area contributed by atoms with Crippen LogP contribution in [0.2, 0.25) is 0 Å². The number of carbonyl (C=O) groups is 1. The highest BCUT2D eigenvalue weighted by Crippen LogP contribution is 2.14. The largest absolute Gasteiger partial charge is 0.303 e. The first-order valence-electron chi connectivity index (χ1n) is 3.34. The smallest absolute Gasteiger partial charge is 0.274 e. The molecule has 0 radical (unpaired) electrons. The summed E-state index contributed by atoms with van der Waals surface area (Å²) in [5, 5.41) is 0. The average Bonchev–Trinajstić information content (AvgIpc) is 1.77. The van der Waals surface area contributed by atoms with Crippen LogP contribution in [0.4, 0.5) is 4.39 Å². The number of alkyl halides is 1. The molecule has 0 aromatic carbocycles. The molecule has 5 nitrogen and oxygen atoms in total. The van der Waals surface area contributed by atoms with Crippen LogP contribution in [0.3, 0.4) is 0 Å². The first kappa shape index (κ1) is 9.40. The lowest BCUT2D eigenvalue weighted by molar-refractivity contribution is -0.117. The van der Waals surface area contributed by atoms with Gasteiger partial charge in [0.15, 0.2) is 0 Å². The third-order valence-electron chi connectivity index (χ3n) is 1.42. The Labute approximate surface area is 69.7 Å². The lowest BCUT2D eigenvalue weighted by Crippen LogP contribution is -2.55. The Bertz CT molecular complexity index is 283. The third-order valence-corrected chi connectivity index (χ3v) is 2.94. The van der Waals surface area contributed by atoms with Crippen molar-refractivity contribution in [1.82, 2.24) is 9.03 Å². The van der Waals surface area contributed by atoms with Gasteiger partial charge in [-0.1, -0.05) is 0 Å². The number of nitrogens with one attached hydrogen (secondary N) is 1. The zero-order valence-electron chi connectivity index (χ0n) is 6.45. The molecule has 0 aliphatic carbocycles. The zero-order chi connectivity index (χ0) is 9.35. The molecule has 1 saturated heterocycles. The van der Waals surface area contributed by atoms with Gasteiger partial charge < -0.3 is 0 Å². The maximum Gasteiger partial charge on any atom is 0.303 e. The standard InChI is InChI=1S/C5H9FN2O3S/c1-4(9)7-12(10,11)8-2-5(6)3-8/h5H,2-3H2,1H3,(H,7,9). The molecule has 0 saturated carbocycles. The molecule has 0 aromatic rings. The van der Waals surface area contributed by atoms with Crippen LogP contribution in [0.5, 0.6) is 0 Å². The van der Waals surface area contributed by atoms with E-state index in [-0.39, 0.29) is 13.1 Å². The fourth-order valence-electron chi connectivity index (χ4n) is 0.831. The quantitative estimate of drug-likeness (QED) is 0.617. The Kier molecular flexibility index (Phi) is 2.34. The van der Waals surface area contributed by atoms with Gasteiger partial charge in [0, 0.05) is 20.0 Å². The minimum Gasteiger partial charge on any atom is -0.274 e. The van der Waals surface area contributed by atoms with Crippen LogP contribution < -0.4 is 4.72 Å². The SMILES string of the molecule is CC(=O)NS(=O)(=O)N1CC(F)C1. The van der Waals surface area contributed by atoms with E-state index in [0.717, 1.165) is 11.2 Å². The summed E-state index contributed by atoms with van der Waals surface area (Å²) in [4.78, 5) is 10.4. The van der Waals surface area contributed by atoms with Gasteiger partial charge in [-0.3, -0.25) is 4.79 Å². The fourth-order valence-corrected chi connectivity index (χ4v) is 2.04. The number of rotatable bonds is 2. The summed E-state index contributed by atoms with van der Waals surface area (Å²) in [5.74, 6) is -0.669. The molecule has 1 aliphatic rings. The fraction of sp³-hybridized carbons (Fsp3) is 0.800. The van der Waals surface area contributed by atoms with Crippen LogP contribution >= 0.6 is 0 Å². The molecule has 1 N–H and O–H groups in total. The van der Waals surface area contributed by atoms with Crippen LogP contribution in [0, 0.1) is 0 Å². The van der Waals surface area contributed by atoms with Gasteiger partial charge in [-0.15, -0.1) is 0 Å². The van der Waals surface area contributed by atoms with Crippen LogP contribution in [0.1, 0.15) is 6.92 Å². The van der Waals surface area contributed by atoms with Gasteiger partial charge >= 0.3 is 10.2 Å². The second-order valence-electron chi connectivity index (χ2n) is 2.58. The number of amides is 1. The van der Waals surface area contributed by atoms with Crippen LogP contribution in [0.25, 0.3) is 0 Å². The first-order chi connectivity index (χ1) is 5.42. The third kappa shape index (κ3) is 1.92. The molecule has 7 heteroatoms. The van der Waals surface area contributed by atoms with Crippen molar-refractivity contribution in [3.05, 3.63) is 0 Å².